The van der Waals surface area contributed by atoms with Crippen molar-refractivity contribution in [3.63, 3.8) is 0 Å². The van der Waals surface area contributed by atoms with Gasteiger partial charge in [0.05, 0.1) is 11.1 Å². The molecule has 0 unspecified atom stereocenters. The summed E-state index contributed by atoms with van der Waals surface area (Å²) >= 11 is 5.37. The highest BCUT2D eigenvalue weighted by Gasteiger charge is 2.27. The highest BCUT2D eigenvalue weighted by Crippen LogP contribution is 2.29. The molecule has 1 aromatic carbocycles. The fraction of sp³-hybridized carbons (Fsp3) is 0.450. The van der Waals surface area contributed by atoms with Gasteiger partial charge in [-0.1, -0.05) is 44.9 Å². The van der Waals surface area contributed by atoms with Crippen molar-refractivity contribution in [3.05, 3.63) is 41.6 Å². The number of aromatic nitrogens is 1. The zero-order chi connectivity index (χ0) is 18.7. The van der Waals surface area contributed by atoms with Gasteiger partial charge in [-0.25, -0.2) is 0 Å². The fourth-order valence-corrected chi connectivity index (χ4v) is 3.87. The molecule has 0 radical (unpaired) electrons. The Hall–Kier alpha value is -2.21. The average molecular weight is 371 g/mol. The number of nitrogens with one attached hydrogen (secondary N) is 3. The number of nitrogens with zero attached hydrogens (tertiary/aromatic N) is 1. The minimum Gasteiger partial charge on any atom is -0.358 e. The van der Waals surface area contributed by atoms with Gasteiger partial charge in [0.1, 0.15) is 0 Å². The van der Waals surface area contributed by atoms with Crippen LogP contribution in [-0.4, -0.2) is 22.0 Å². The van der Waals surface area contributed by atoms with Gasteiger partial charge in [-0.2, -0.15) is 0 Å². The molecule has 1 aliphatic carbocycles. The first-order chi connectivity index (χ1) is 12.5. The summed E-state index contributed by atoms with van der Waals surface area (Å²) in [6.07, 6.45) is 3.58. The molecule has 0 bridgehead atoms. The lowest BCUT2D eigenvalue weighted by molar-refractivity contribution is 0.0944. The lowest BCUT2D eigenvalue weighted by atomic mass is 9.78. The monoisotopic (exact) mass is 370 g/mol. The summed E-state index contributed by atoms with van der Waals surface area (Å²) in [5.74, 6) is 1.02. The third-order valence-electron chi connectivity index (χ3n) is 5.40. The van der Waals surface area contributed by atoms with Crippen LogP contribution in [-0.2, 0) is 0 Å². The van der Waals surface area contributed by atoms with Crippen molar-refractivity contribution >= 4 is 34.1 Å². The average Bonchev–Trinajstić information content (AvgIpc) is 2.62. The van der Waals surface area contributed by atoms with E-state index in [4.69, 9.17) is 12.2 Å². The maximum absolute atomic E-state index is 12.6. The molecule has 0 spiro atoms. The lowest BCUT2D eigenvalue weighted by Crippen LogP contribution is -2.52. The van der Waals surface area contributed by atoms with Crippen LogP contribution in [0.4, 0.5) is 0 Å². The van der Waals surface area contributed by atoms with E-state index >= 15 is 0 Å². The molecule has 3 N–H and O–H groups in total. The molecule has 5 nitrogen and oxygen atoms in total. The Morgan fingerprint density at radius 1 is 1.19 bits per heavy atom. The molecular weight excluding hydrogens is 344 g/mol. The number of aryl methyl sites for hydroxylation is 1. The highest BCUT2D eigenvalue weighted by molar-refractivity contribution is 7.80. The maximum Gasteiger partial charge on any atom is 0.270 e. The van der Waals surface area contributed by atoms with E-state index in [9.17, 15) is 4.79 Å². The van der Waals surface area contributed by atoms with Crippen LogP contribution in [0.25, 0.3) is 10.9 Å². The Morgan fingerprint density at radius 2 is 1.96 bits per heavy atom. The SMILES string of the molecule is Cc1cc(C(=O)NNC(=S)N[C@H]2CCC[C@H](C)[C@@H]2C)c2ccccc2n1. The van der Waals surface area contributed by atoms with E-state index in [-0.39, 0.29) is 5.91 Å². The molecule has 1 aromatic heterocycles. The molecule has 1 saturated carbocycles. The number of fused-ring (bicyclic) bond motifs is 1. The van der Waals surface area contributed by atoms with Crippen molar-refractivity contribution in [1.29, 1.82) is 0 Å². The molecule has 0 aliphatic heterocycles. The van der Waals surface area contributed by atoms with E-state index in [1.807, 2.05) is 31.2 Å². The van der Waals surface area contributed by atoms with Gasteiger partial charge in [0.2, 0.25) is 0 Å². The van der Waals surface area contributed by atoms with Crippen molar-refractivity contribution in [2.75, 3.05) is 0 Å². The van der Waals surface area contributed by atoms with Gasteiger partial charge >= 0.3 is 0 Å². The number of thiocarbonyl (C=S) groups is 1. The number of pyridine rings is 1. The van der Waals surface area contributed by atoms with Gasteiger partial charge in [0.15, 0.2) is 5.11 Å². The maximum atomic E-state index is 12.6. The summed E-state index contributed by atoms with van der Waals surface area (Å²) in [5, 5.41) is 4.63. The minimum atomic E-state index is -0.221. The molecule has 138 valence electrons. The van der Waals surface area contributed by atoms with Crippen LogP contribution in [0.15, 0.2) is 30.3 Å². The predicted molar refractivity (Wildman–Crippen MR) is 109 cm³/mol. The largest absolute Gasteiger partial charge is 0.358 e. The van der Waals surface area contributed by atoms with Gasteiger partial charge in [-0.05, 0) is 49.5 Å². The molecule has 6 heteroatoms. The second-order valence-corrected chi connectivity index (χ2v) is 7.66. The van der Waals surface area contributed by atoms with Crippen molar-refractivity contribution in [2.45, 2.75) is 46.1 Å². The Kier molecular flexibility index (Phi) is 5.71. The van der Waals surface area contributed by atoms with E-state index < -0.39 is 0 Å². The van der Waals surface area contributed by atoms with Crippen LogP contribution in [0.3, 0.4) is 0 Å². The molecule has 3 rings (SSSR count). The number of hydrogen-bond donors (Lipinski definition) is 3. The van der Waals surface area contributed by atoms with Crippen LogP contribution in [0.2, 0.25) is 0 Å². The normalized spacial score (nSPS) is 22.7. The number of carbonyl (C=O) groups excluding carboxylic acids is 1. The van der Waals surface area contributed by atoms with E-state index in [0.29, 0.717) is 28.6 Å². The zero-order valence-corrected chi connectivity index (χ0v) is 16.3. The molecule has 3 atom stereocenters. The van der Waals surface area contributed by atoms with Crippen LogP contribution in [0, 0.1) is 18.8 Å². The van der Waals surface area contributed by atoms with Gasteiger partial charge in [-0.3, -0.25) is 20.6 Å². The summed E-state index contributed by atoms with van der Waals surface area (Å²) in [4.78, 5) is 17.1. The topological polar surface area (TPSA) is 66.1 Å². The van der Waals surface area contributed by atoms with Crippen molar-refractivity contribution in [1.82, 2.24) is 21.2 Å². The zero-order valence-electron chi connectivity index (χ0n) is 15.5. The van der Waals surface area contributed by atoms with Gasteiger partial charge in [0.25, 0.3) is 5.91 Å². The molecule has 1 amide bonds. The van der Waals surface area contributed by atoms with Crippen molar-refractivity contribution in [3.8, 4) is 0 Å². The number of rotatable bonds is 2. The molecule has 0 saturated heterocycles. The third-order valence-corrected chi connectivity index (χ3v) is 5.62. The molecule has 26 heavy (non-hydrogen) atoms. The standard InChI is InChI=1S/C20H26N4OS/c1-12-7-6-10-17(14(12)3)22-20(26)24-23-19(25)16-11-13(2)21-18-9-5-4-8-15(16)18/h4-5,8-9,11-12,14,17H,6-7,10H2,1-3H3,(H,23,25)(H2,22,24,26)/t12-,14-,17-/m0/s1. The first-order valence-electron chi connectivity index (χ1n) is 9.19. The summed E-state index contributed by atoms with van der Waals surface area (Å²) < 4.78 is 0. The first-order valence-corrected chi connectivity index (χ1v) is 9.59. The number of amides is 1. The second-order valence-electron chi connectivity index (χ2n) is 7.25. The Bertz CT molecular complexity index is 823. The minimum absolute atomic E-state index is 0.221. The second kappa shape index (κ2) is 7.99. The summed E-state index contributed by atoms with van der Waals surface area (Å²) in [7, 11) is 0. The number of hydrogen-bond acceptors (Lipinski definition) is 3. The van der Waals surface area contributed by atoms with Crippen LogP contribution in [0.1, 0.15) is 49.2 Å². The molecule has 2 aromatic rings. The fourth-order valence-electron chi connectivity index (χ4n) is 3.67. The predicted octanol–water partition coefficient (Wildman–Crippen LogP) is 3.48. The van der Waals surface area contributed by atoms with Gasteiger partial charge < -0.3 is 5.32 Å². The summed E-state index contributed by atoms with van der Waals surface area (Å²) in [5.41, 5.74) is 7.76. The molecular formula is C20H26N4OS. The molecule has 1 fully saturated rings. The number of para-hydroxylation sites is 1. The lowest BCUT2D eigenvalue weighted by Gasteiger charge is -2.35. The van der Waals surface area contributed by atoms with Crippen molar-refractivity contribution < 1.29 is 4.79 Å². The number of carbonyl (C=O) groups is 1. The molecule has 1 aliphatic rings. The van der Waals surface area contributed by atoms with Gasteiger partial charge in [0, 0.05) is 17.1 Å². The highest BCUT2D eigenvalue weighted by atomic mass is 32.1. The van der Waals surface area contributed by atoms with E-state index in [2.05, 4.69) is 35.0 Å². The molecule has 1 heterocycles. The quantitative estimate of drug-likeness (QED) is 0.558. The number of hydrazine groups is 1. The summed E-state index contributed by atoms with van der Waals surface area (Å²) in [6, 6.07) is 9.77. The van der Waals surface area contributed by atoms with Crippen LogP contribution >= 0.6 is 12.2 Å². The van der Waals surface area contributed by atoms with E-state index in [0.717, 1.165) is 23.0 Å². The van der Waals surface area contributed by atoms with Crippen molar-refractivity contribution in [2.24, 2.45) is 11.8 Å². The first kappa shape index (κ1) is 18.6. The number of benzene rings is 1. The van der Waals surface area contributed by atoms with E-state index in [1.165, 1.54) is 12.8 Å². The third kappa shape index (κ3) is 4.12. The Balaban J connectivity index is 1.63. The van der Waals surface area contributed by atoms with E-state index in [1.54, 1.807) is 6.07 Å². The smallest absolute Gasteiger partial charge is 0.270 e. The Labute approximate surface area is 159 Å². The van der Waals surface area contributed by atoms with Crippen LogP contribution < -0.4 is 16.2 Å². The van der Waals surface area contributed by atoms with Gasteiger partial charge in [-0.15, -0.1) is 0 Å². The Morgan fingerprint density at radius 3 is 2.77 bits per heavy atom. The van der Waals surface area contributed by atoms with Crippen LogP contribution in [0.5, 0.6) is 0 Å². The summed E-state index contributed by atoms with van der Waals surface area (Å²) in [6.45, 7) is 6.43.